The predicted octanol–water partition coefficient (Wildman–Crippen LogP) is 3.08. The maximum absolute atomic E-state index is 11.8. The third kappa shape index (κ3) is 5.31. The van der Waals surface area contributed by atoms with Gasteiger partial charge in [0, 0.05) is 23.7 Å². The van der Waals surface area contributed by atoms with E-state index in [1.165, 1.54) is 0 Å². The van der Waals surface area contributed by atoms with Gasteiger partial charge in [-0.05, 0) is 18.6 Å². The smallest absolute Gasteiger partial charge is 0.225 e. The lowest BCUT2D eigenvalue weighted by atomic mass is 10.1. The molecule has 0 aromatic heterocycles. The van der Waals surface area contributed by atoms with Crippen molar-refractivity contribution in [3.63, 3.8) is 0 Å². The Balaban J connectivity index is 1.92. The molecule has 22 heavy (non-hydrogen) atoms. The number of rotatable bonds is 7. The quantitative estimate of drug-likeness (QED) is 0.825. The number of ether oxygens (including phenoxy) is 1. The molecule has 0 aliphatic rings. The van der Waals surface area contributed by atoms with Crippen LogP contribution < -0.4 is 11.1 Å². The summed E-state index contributed by atoms with van der Waals surface area (Å²) in [7, 11) is 0. The Bertz CT molecular complexity index is 597. The summed E-state index contributed by atoms with van der Waals surface area (Å²) in [5.74, 6) is -0.0782. The molecule has 1 atom stereocenters. The number of carbonyl (C=O) groups is 1. The van der Waals surface area contributed by atoms with Gasteiger partial charge in [-0.3, -0.25) is 4.79 Å². The second-order valence-corrected chi connectivity index (χ2v) is 5.37. The van der Waals surface area contributed by atoms with E-state index in [1.54, 1.807) is 0 Å². The first-order valence-corrected chi connectivity index (χ1v) is 7.40. The van der Waals surface area contributed by atoms with E-state index < -0.39 is 0 Å². The minimum absolute atomic E-state index is 0.0782. The Morgan fingerprint density at radius 3 is 2.50 bits per heavy atom. The molecule has 0 spiro atoms. The summed E-state index contributed by atoms with van der Waals surface area (Å²) in [5, 5.41) is 2.89. The molecule has 3 N–H and O–H groups in total. The van der Waals surface area contributed by atoms with Crippen molar-refractivity contribution in [3.05, 3.63) is 65.7 Å². The molecule has 2 aromatic rings. The molecule has 0 fully saturated rings. The molecular formula is C18H22N2O2. The highest BCUT2D eigenvalue weighted by Crippen LogP contribution is 2.17. The highest BCUT2D eigenvalue weighted by Gasteiger charge is 2.08. The number of nitrogens with one attached hydrogen (secondary N) is 1. The number of amides is 1. The molecule has 1 amide bonds. The Labute approximate surface area is 131 Å². The van der Waals surface area contributed by atoms with Crippen LogP contribution in [0.25, 0.3) is 0 Å². The average molecular weight is 298 g/mol. The lowest BCUT2D eigenvalue weighted by Gasteiger charge is -2.12. The summed E-state index contributed by atoms with van der Waals surface area (Å²) in [4.78, 5) is 11.8. The Hall–Kier alpha value is -2.17. The number of nitrogens with two attached hydrogens (primary N) is 1. The monoisotopic (exact) mass is 298 g/mol. The maximum Gasteiger partial charge on any atom is 0.225 e. The maximum atomic E-state index is 11.8. The van der Waals surface area contributed by atoms with Crippen molar-refractivity contribution in [1.82, 2.24) is 0 Å². The second kappa shape index (κ2) is 8.32. The Kier molecular flexibility index (Phi) is 6.13. The van der Waals surface area contributed by atoms with Crippen molar-refractivity contribution in [2.24, 2.45) is 5.73 Å². The largest absolute Gasteiger partial charge is 0.372 e. The van der Waals surface area contributed by atoms with Crippen LogP contribution in [0.15, 0.2) is 54.6 Å². The lowest BCUT2D eigenvalue weighted by Crippen LogP contribution is -2.24. The van der Waals surface area contributed by atoms with Gasteiger partial charge in [0.05, 0.1) is 13.2 Å². The zero-order valence-corrected chi connectivity index (χ0v) is 12.8. The number of anilines is 1. The van der Waals surface area contributed by atoms with Gasteiger partial charge in [0.1, 0.15) is 0 Å². The Morgan fingerprint density at radius 2 is 1.77 bits per heavy atom. The SMILES string of the molecule is CC(N)CC(=O)Nc1ccccc1COCc1ccccc1. The minimum Gasteiger partial charge on any atom is -0.372 e. The zero-order valence-electron chi connectivity index (χ0n) is 12.8. The van der Waals surface area contributed by atoms with Crippen molar-refractivity contribution >= 4 is 11.6 Å². The molecule has 0 bridgehead atoms. The summed E-state index contributed by atoms with van der Waals surface area (Å²) in [6, 6.07) is 17.5. The third-order valence-corrected chi connectivity index (χ3v) is 3.17. The molecule has 116 valence electrons. The molecule has 2 rings (SSSR count). The van der Waals surface area contributed by atoms with E-state index in [2.05, 4.69) is 5.32 Å². The average Bonchev–Trinajstić information content (AvgIpc) is 2.49. The van der Waals surface area contributed by atoms with Crippen LogP contribution in [0.1, 0.15) is 24.5 Å². The number of carbonyl (C=O) groups excluding carboxylic acids is 1. The van der Waals surface area contributed by atoms with Gasteiger partial charge in [-0.1, -0.05) is 48.5 Å². The zero-order chi connectivity index (χ0) is 15.8. The van der Waals surface area contributed by atoms with Crippen LogP contribution in [-0.4, -0.2) is 11.9 Å². The third-order valence-electron chi connectivity index (χ3n) is 3.17. The topological polar surface area (TPSA) is 64.4 Å². The fourth-order valence-electron chi connectivity index (χ4n) is 2.11. The summed E-state index contributed by atoms with van der Waals surface area (Å²) in [6.07, 6.45) is 0.305. The van der Waals surface area contributed by atoms with Crippen LogP contribution in [0.3, 0.4) is 0 Å². The summed E-state index contributed by atoms with van der Waals surface area (Å²) in [6.45, 7) is 2.81. The fourth-order valence-corrected chi connectivity index (χ4v) is 2.11. The number of para-hydroxylation sites is 1. The molecule has 4 nitrogen and oxygen atoms in total. The van der Waals surface area contributed by atoms with Gasteiger partial charge in [-0.15, -0.1) is 0 Å². The van der Waals surface area contributed by atoms with Crippen molar-refractivity contribution in [2.75, 3.05) is 5.32 Å². The van der Waals surface area contributed by atoms with Crippen LogP contribution in [0.4, 0.5) is 5.69 Å². The van der Waals surface area contributed by atoms with Crippen LogP contribution >= 0.6 is 0 Å². The molecule has 4 heteroatoms. The second-order valence-electron chi connectivity index (χ2n) is 5.37. The van der Waals surface area contributed by atoms with Crippen molar-refractivity contribution in [1.29, 1.82) is 0 Å². The molecule has 0 heterocycles. The number of benzene rings is 2. The molecule has 2 aromatic carbocycles. The molecule has 1 unspecified atom stereocenters. The van der Waals surface area contributed by atoms with Crippen molar-refractivity contribution in [3.8, 4) is 0 Å². The van der Waals surface area contributed by atoms with E-state index in [0.717, 1.165) is 16.8 Å². The number of hydrogen-bond acceptors (Lipinski definition) is 3. The first kappa shape index (κ1) is 16.2. The van der Waals surface area contributed by atoms with Gasteiger partial charge in [0.25, 0.3) is 0 Å². The summed E-state index contributed by atoms with van der Waals surface area (Å²) in [5.41, 5.74) is 8.50. The molecule has 0 aliphatic carbocycles. The van der Waals surface area contributed by atoms with Crippen LogP contribution in [0.2, 0.25) is 0 Å². The minimum atomic E-state index is -0.151. The van der Waals surface area contributed by atoms with E-state index in [-0.39, 0.29) is 11.9 Å². The highest BCUT2D eigenvalue weighted by atomic mass is 16.5. The summed E-state index contributed by atoms with van der Waals surface area (Å²) < 4.78 is 5.73. The predicted molar refractivity (Wildman–Crippen MR) is 88.3 cm³/mol. The first-order valence-electron chi connectivity index (χ1n) is 7.40. The van der Waals surface area contributed by atoms with E-state index in [1.807, 2.05) is 61.5 Å². The Morgan fingerprint density at radius 1 is 1.09 bits per heavy atom. The van der Waals surface area contributed by atoms with Crippen LogP contribution in [-0.2, 0) is 22.7 Å². The highest BCUT2D eigenvalue weighted by molar-refractivity contribution is 5.91. The normalized spacial score (nSPS) is 11.9. The van der Waals surface area contributed by atoms with Crippen molar-refractivity contribution < 1.29 is 9.53 Å². The molecule has 0 saturated carbocycles. The van der Waals surface area contributed by atoms with E-state index in [4.69, 9.17) is 10.5 Å². The van der Waals surface area contributed by atoms with Gasteiger partial charge in [-0.25, -0.2) is 0 Å². The van der Waals surface area contributed by atoms with Crippen molar-refractivity contribution in [2.45, 2.75) is 32.6 Å². The van der Waals surface area contributed by atoms with Crippen LogP contribution in [0.5, 0.6) is 0 Å². The van der Waals surface area contributed by atoms with Gasteiger partial charge >= 0.3 is 0 Å². The fraction of sp³-hybridized carbons (Fsp3) is 0.278. The first-order chi connectivity index (χ1) is 10.6. The standard InChI is InChI=1S/C18H22N2O2/c1-14(19)11-18(21)20-17-10-6-5-9-16(17)13-22-12-15-7-3-2-4-8-15/h2-10,14H,11-13,19H2,1H3,(H,20,21). The van der Waals surface area contributed by atoms with E-state index in [9.17, 15) is 4.79 Å². The lowest BCUT2D eigenvalue weighted by molar-refractivity contribution is -0.116. The van der Waals surface area contributed by atoms with Gasteiger partial charge in [0.2, 0.25) is 5.91 Å². The molecule has 0 saturated heterocycles. The van der Waals surface area contributed by atoms with E-state index in [0.29, 0.717) is 19.6 Å². The van der Waals surface area contributed by atoms with Crippen LogP contribution in [0, 0.1) is 0 Å². The van der Waals surface area contributed by atoms with Gasteiger partial charge in [-0.2, -0.15) is 0 Å². The molecule has 0 aliphatic heterocycles. The molecule has 0 radical (unpaired) electrons. The molecular weight excluding hydrogens is 276 g/mol. The van der Waals surface area contributed by atoms with Gasteiger partial charge < -0.3 is 15.8 Å². The summed E-state index contributed by atoms with van der Waals surface area (Å²) >= 11 is 0. The number of hydrogen-bond donors (Lipinski definition) is 2. The van der Waals surface area contributed by atoms with Gasteiger partial charge in [0.15, 0.2) is 0 Å². The van der Waals surface area contributed by atoms with E-state index >= 15 is 0 Å².